The summed E-state index contributed by atoms with van der Waals surface area (Å²) in [5, 5.41) is 1.17. The Labute approximate surface area is 117 Å². The third-order valence-electron chi connectivity index (χ3n) is 2.79. The van der Waals surface area contributed by atoms with Crippen LogP contribution in [0.3, 0.4) is 0 Å². The van der Waals surface area contributed by atoms with E-state index >= 15 is 0 Å². The summed E-state index contributed by atoms with van der Waals surface area (Å²) >= 11 is 7.74. The Morgan fingerprint density at radius 2 is 2.28 bits per heavy atom. The summed E-state index contributed by atoms with van der Waals surface area (Å²) < 4.78 is 5.59. The molecule has 1 aliphatic heterocycles. The minimum absolute atomic E-state index is 0.230. The molecule has 18 heavy (non-hydrogen) atoms. The zero-order valence-electron chi connectivity index (χ0n) is 10.7. The van der Waals surface area contributed by atoms with Crippen LogP contribution in [0.1, 0.15) is 25.0 Å². The van der Waals surface area contributed by atoms with Crippen molar-refractivity contribution in [3.63, 3.8) is 0 Å². The molecule has 0 radical (unpaired) electrons. The first-order valence-electron chi connectivity index (χ1n) is 6.13. The van der Waals surface area contributed by atoms with Crippen LogP contribution in [-0.2, 0) is 17.6 Å². The molecule has 1 heterocycles. The lowest BCUT2D eigenvalue weighted by molar-refractivity contribution is -0.116. The van der Waals surface area contributed by atoms with Gasteiger partial charge in [-0.25, -0.2) is 0 Å². The molecule has 0 bridgehead atoms. The molecule has 4 heteroatoms. The number of halogens is 1. The van der Waals surface area contributed by atoms with Gasteiger partial charge < -0.3 is 4.74 Å². The van der Waals surface area contributed by atoms with E-state index in [-0.39, 0.29) is 5.78 Å². The van der Waals surface area contributed by atoms with Crippen LogP contribution in [-0.4, -0.2) is 23.4 Å². The van der Waals surface area contributed by atoms with Gasteiger partial charge in [-0.15, -0.1) is 0 Å². The van der Waals surface area contributed by atoms with Gasteiger partial charge in [-0.1, -0.05) is 25.4 Å². The molecule has 1 aromatic carbocycles. The van der Waals surface area contributed by atoms with Crippen molar-refractivity contribution >= 4 is 29.1 Å². The van der Waals surface area contributed by atoms with Crippen molar-refractivity contribution in [3.8, 4) is 5.75 Å². The Balaban J connectivity index is 2.07. The first-order valence-corrected chi connectivity index (χ1v) is 7.56. The first kappa shape index (κ1) is 13.8. The SMILES string of the molecule is CC(C)SCC(=O)Cc1cc(Cl)cc2c1OCC2. The summed E-state index contributed by atoms with van der Waals surface area (Å²) in [6, 6.07) is 3.78. The second-order valence-electron chi connectivity index (χ2n) is 4.73. The molecule has 0 spiro atoms. The smallest absolute Gasteiger partial charge is 0.147 e. The largest absolute Gasteiger partial charge is 0.493 e. The molecular formula is C14H17ClO2S. The molecule has 0 unspecified atom stereocenters. The van der Waals surface area contributed by atoms with Crippen molar-refractivity contribution in [1.82, 2.24) is 0 Å². The van der Waals surface area contributed by atoms with Gasteiger partial charge in [-0.05, 0) is 22.9 Å². The standard InChI is InChI=1S/C14H17ClO2S/c1-9(2)18-8-13(16)7-11-6-12(15)5-10-3-4-17-14(10)11/h5-6,9H,3-4,7-8H2,1-2H3. The van der Waals surface area contributed by atoms with E-state index in [1.165, 1.54) is 0 Å². The third kappa shape index (κ3) is 3.42. The number of hydrogen-bond acceptors (Lipinski definition) is 3. The van der Waals surface area contributed by atoms with Crippen molar-refractivity contribution in [1.29, 1.82) is 0 Å². The highest BCUT2D eigenvalue weighted by Gasteiger charge is 2.19. The highest BCUT2D eigenvalue weighted by atomic mass is 35.5. The quantitative estimate of drug-likeness (QED) is 0.827. The van der Waals surface area contributed by atoms with Gasteiger partial charge in [0.05, 0.1) is 12.4 Å². The Bertz CT molecular complexity index is 457. The lowest BCUT2D eigenvalue weighted by Crippen LogP contribution is -2.08. The van der Waals surface area contributed by atoms with Crippen LogP contribution in [0.5, 0.6) is 5.75 Å². The van der Waals surface area contributed by atoms with Gasteiger partial charge in [0.1, 0.15) is 11.5 Å². The molecule has 98 valence electrons. The number of hydrogen-bond donors (Lipinski definition) is 0. The normalized spacial score (nSPS) is 13.6. The predicted octanol–water partition coefficient (Wildman–Crippen LogP) is 3.53. The average Bonchev–Trinajstić information content (AvgIpc) is 2.74. The van der Waals surface area contributed by atoms with Crippen molar-refractivity contribution in [2.45, 2.75) is 31.9 Å². The molecule has 0 atom stereocenters. The van der Waals surface area contributed by atoms with Crippen molar-refractivity contribution in [2.75, 3.05) is 12.4 Å². The molecule has 0 fully saturated rings. The van der Waals surface area contributed by atoms with E-state index < -0.39 is 0 Å². The van der Waals surface area contributed by atoms with Crippen LogP contribution in [0.15, 0.2) is 12.1 Å². The van der Waals surface area contributed by atoms with E-state index in [1.807, 2.05) is 12.1 Å². The lowest BCUT2D eigenvalue weighted by Gasteiger charge is -2.09. The molecule has 0 N–H and O–H groups in total. The van der Waals surface area contributed by atoms with Crippen LogP contribution in [0.4, 0.5) is 0 Å². The summed E-state index contributed by atoms with van der Waals surface area (Å²) in [5.74, 6) is 1.66. The van der Waals surface area contributed by atoms with Crippen molar-refractivity contribution in [3.05, 3.63) is 28.3 Å². The molecule has 1 aliphatic rings. The summed E-state index contributed by atoms with van der Waals surface area (Å²) in [6.07, 6.45) is 1.31. The lowest BCUT2D eigenvalue weighted by atomic mass is 10.0. The average molecular weight is 285 g/mol. The van der Waals surface area contributed by atoms with Crippen LogP contribution in [0.2, 0.25) is 5.02 Å². The number of thioether (sulfide) groups is 1. The zero-order chi connectivity index (χ0) is 13.1. The van der Waals surface area contributed by atoms with Crippen LogP contribution >= 0.6 is 23.4 Å². The number of Topliss-reactive ketones (excluding diaryl/α,β-unsaturated/α-hetero) is 1. The number of ketones is 1. The Hall–Kier alpha value is -0.670. The maximum atomic E-state index is 11.9. The van der Waals surface area contributed by atoms with Gasteiger partial charge in [0.15, 0.2) is 0 Å². The summed E-state index contributed by atoms with van der Waals surface area (Å²) in [4.78, 5) is 11.9. The van der Waals surface area contributed by atoms with Crippen LogP contribution in [0.25, 0.3) is 0 Å². The van der Waals surface area contributed by atoms with E-state index in [2.05, 4.69) is 13.8 Å². The van der Waals surface area contributed by atoms with E-state index in [0.29, 0.717) is 29.1 Å². The second-order valence-corrected chi connectivity index (χ2v) is 6.73. The van der Waals surface area contributed by atoms with Gasteiger partial charge in [0.25, 0.3) is 0 Å². The van der Waals surface area contributed by atoms with Crippen molar-refractivity contribution < 1.29 is 9.53 Å². The van der Waals surface area contributed by atoms with Gasteiger partial charge >= 0.3 is 0 Å². The number of carbonyl (C=O) groups is 1. The molecule has 0 amide bonds. The summed E-state index contributed by atoms with van der Waals surface area (Å²) in [7, 11) is 0. The number of ether oxygens (including phenoxy) is 1. The maximum Gasteiger partial charge on any atom is 0.147 e. The number of fused-ring (bicyclic) bond motifs is 1. The fourth-order valence-electron chi connectivity index (χ4n) is 2.00. The fraction of sp³-hybridized carbons (Fsp3) is 0.500. The number of carbonyl (C=O) groups excluding carboxylic acids is 1. The summed E-state index contributed by atoms with van der Waals surface area (Å²) in [6.45, 7) is 4.88. The van der Waals surface area contributed by atoms with Crippen molar-refractivity contribution in [2.24, 2.45) is 0 Å². The predicted molar refractivity (Wildman–Crippen MR) is 77.0 cm³/mol. The number of benzene rings is 1. The Kier molecular flexibility index (Phi) is 4.57. The third-order valence-corrected chi connectivity index (χ3v) is 4.16. The Morgan fingerprint density at radius 1 is 1.50 bits per heavy atom. The highest BCUT2D eigenvalue weighted by Crippen LogP contribution is 2.33. The van der Waals surface area contributed by atoms with E-state index in [0.717, 1.165) is 23.3 Å². The molecule has 0 aromatic heterocycles. The molecular weight excluding hydrogens is 268 g/mol. The van der Waals surface area contributed by atoms with Gasteiger partial charge in [-0.2, -0.15) is 11.8 Å². The molecule has 0 aliphatic carbocycles. The van der Waals surface area contributed by atoms with E-state index in [4.69, 9.17) is 16.3 Å². The van der Waals surface area contributed by atoms with Gasteiger partial charge in [-0.3, -0.25) is 4.79 Å². The molecule has 0 saturated heterocycles. The topological polar surface area (TPSA) is 26.3 Å². The monoisotopic (exact) mass is 284 g/mol. The number of rotatable bonds is 5. The molecule has 0 saturated carbocycles. The van der Waals surface area contributed by atoms with Gasteiger partial charge in [0.2, 0.25) is 0 Å². The van der Waals surface area contributed by atoms with Gasteiger partial charge in [0, 0.05) is 23.4 Å². The second kappa shape index (κ2) is 5.98. The molecule has 2 rings (SSSR count). The van der Waals surface area contributed by atoms with E-state index in [9.17, 15) is 4.79 Å². The first-order chi connectivity index (χ1) is 8.56. The molecule has 1 aromatic rings. The minimum atomic E-state index is 0.230. The van der Waals surface area contributed by atoms with E-state index in [1.54, 1.807) is 11.8 Å². The Morgan fingerprint density at radius 3 is 3.00 bits per heavy atom. The fourth-order valence-corrected chi connectivity index (χ4v) is 2.89. The zero-order valence-corrected chi connectivity index (χ0v) is 12.2. The maximum absolute atomic E-state index is 11.9. The van der Waals surface area contributed by atoms with Crippen LogP contribution in [0, 0.1) is 0 Å². The van der Waals surface area contributed by atoms with Crippen LogP contribution < -0.4 is 4.74 Å². The molecule has 2 nitrogen and oxygen atoms in total. The summed E-state index contributed by atoms with van der Waals surface area (Å²) in [5.41, 5.74) is 2.06. The minimum Gasteiger partial charge on any atom is -0.493 e. The highest BCUT2D eigenvalue weighted by molar-refractivity contribution is 8.00.